The molecule has 25 heavy (non-hydrogen) atoms. The number of nitrogens with one attached hydrogen (secondary N) is 2. The lowest BCUT2D eigenvalue weighted by molar-refractivity contribution is 0.378. The average Bonchev–Trinajstić information content (AvgIpc) is 3.18. The Bertz CT molecular complexity index is 845. The quantitative estimate of drug-likeness (QED) is 0.705. The molecule has 2 fully saturated rings. The van der Waals surface area contributed by atoms with Gasteiger partial charge in [0, 0.05) is 49.9 Å². The normalized spacial score (nSPS) is 18.5. The molecule has 0 spiro atoms. The summed E-state index contributed by atoms with van der Waals surface area (Å²) in [6.45, 7) is 3.93. The molecule has 0 aromatic carbocycles. The van der Waals surface area contributed by atoms with Crippen molar-refractivity contribution in [2.24, 2.45) is 5.92 Å². The summed E-state index contributed by atoms with van der Waals surface area (Å²) in [5.74, 6) is 3.25. The second kappa shape index (κ2) is 6.11. The number of fused-ring (bicyclic) bond motifs is 1. The van der Waals surface area contributed by atoms with E-state index in [9.17, 15) is 0 Å². The first-order valence-electron chi connectivity index (χ1n) is 9.02. The van der Waals surface area contributed by atoms with Crippen molar-refractivity contribution < 1.29 is 0 Å². The number of rotatable bonds is 6. The van der Waals surface area contributed by atoms with Gasteiger partial charge in [0.2, 0.25) is 0 Å². The number of hydrogen-bond acceptors (Lipinski definition) is 6. The van der Waals surface area contributed by atoms with Crippen molar-refractivity contribution >= 4 is 11.5 Å². The Morgan fingerprint density at radius 3 is 2.88 bits per heavy atom. The van der Waals surface area contributed by atoms with E-state index >= 15 is 0 Å². The topological polar surface area (TPSA) is 87.0 Å². The van der Waals surface area contributed by atoms with Crippen molar-refractivity contribution in [1.29, 1.82) is 0 Å². The number of aromatic amines is 1. The average molecular weight is 338 g/mol. The third-order valence-corrected chi connectivity index (χ3v) is 5.33. The van der Waals surface area contributed by atoms with Crippen LogP contribution in [0.25, 0.3) is 5.65 Å². The summed E-state index contributed by atoms with van der Waals surface area (Å²) < 4.78 is 1.95. The fourth-order valence-corrected chi connectivity index (χ4v) is 3.56. The van der Waals surface area contributed by atoms with E-state index in [1.54, 1.807) is 6.33 Å². The molecule has 4 heterocycles. The SMILES string of the molecule is c1ncc(CNCC2CN(c3ccc4nnc(C5CCC5)n4n3)C2)[nH]1. The first-order chi connectivity index (χ1) is 12.4. The molecule has 1 aliphatic heterocycles. The van der Waals surface area contributed by atoms with Crippen LogP contribution in [0.1, 0.15) is 36.7 Å². The lowest BCUT2D eigenvalue weighted by Crippen LogP contribution is -2.51. The predicted octanol–water partition coefficient (Wildman–Crippen LogP) is 1.34. The zero-order chi connectivity index (χ0) is 16.6. The largest absolute Gasteiger partial charge is 0.354 e. The van der Waals surface area contributed by atoms with Crippen molar-refractivity contribution in [3.63, 3.8) is 0 Å². The number of anilines is 1. The van der Waals surface area contributed by atoms with Gasteiger partial charge in [-0.1, -0.05) is 6.42 Å². The monoisotopic (exact) mass is 338 g/mol. The van der Waals surface area contributed by atoms with Gasteiger partial charge in [0.25, 0.3) is 0 Å². The molecule has 3 aromatic heterocycles. The molecule has 0 bridgehead atoms. The molecular weight excluding hydrogens is 316 g/mol. The summed E-state index contributed by atoms with van der Waals surface area (Å²) in [7, 11) is 0. The maximum atomic E-state index is 4.80. The van der Waals surface area contributed by atoms with Crippen LogP contribution in [0.3, 0.4) is 0 Å². The second-order valence-corrected chi connectivity index (χ2v) is 7.13. The van der Waals surface area contributed by atoms with Gasteiger partial charge in [-0.2, -0.15) is 4.52 Å². The lowest BCUT2D eigenvalue weighted by atomic mass is 9.85. The Hall–Kier alpha value is -2.48. The molecule has 5 rings (SSSR count). The molecule has 0 atom stereocenters. The van der Waals surface area contributed by atoms with E-state index in [-0.39, 0.29) is 0 Å². The van der Waals surface area contributed by atoms with Gasteiger partial charge in [-0.15, -0.1) is 15.3 Å². The summed E-state index contributed by atoms with van der Waals surface area (Å²) in [4.78, 5) is 9.47. The van der Waals surface area contributed by atoms with E-state index in [1.165, 1.54) is 19.3 Å². The van der Waals surface area contributed by atoms with Crippen LogP contribution in [0, 0.1) is 5.92 Å². The van der Waals surface area contributed by atoms with Crippen molar-refractivity contribution in [3.8, 4) is 0 Å². The van der Waals surface area contributed by atoms with Crippen LogP contribution in [0.5, 0.6) is 0 Å². The summed E-state index contributed by atoms with van der Waals surface area (Å²) in [5.41, 5.74) is 1.98. The van der Waals surface area contributed by atoms with Gasteiger partial charge in [0.1, 0.15) is 5.82 Å². The lowest BCUT2D eigenvalue weighted by Gasteiger charge is -2.40. The number of imidazole rings is 1. The molecule has 1 saturated heterocycles. The van der Waals surface area contributed by atoms with Gasteiger partial charge in [0.05, 0.1) is 6.33 Å². The van der Waals surface area contributed by atoms with Gasteiger partial charge in [0.15, 0.2) is 11.5 Å². The van der Waals surface area contributed by atoms with Gasteiger partial charge in [-0.05, 0) is 25.0 Å². The van der Waals surface area contributed by atoms with E-state index in [4.69, 9.17) is 5.10 Å². The maximum absolute atomic E-state index is 4.80. The van der Waals surface area contributed by atoms with Crippen LogP contribution < -0.4 is 10.2 Å². The highest BCUT2D eigenvalue weighted by Gasteiger charge is 2.29. The van der Waals surface area contributed by atoms with Crippen molar-refractivity contribution in [1.82, 2.24) is 35.1 Å². The Kier molecular flexibility index (Phi) is 3.62. The Morgan fingerprint density at radius 1 is 1.20 bits per heavy atom. The molecular formula is C17H22N8. The Balaban J connectivity index is 1.20. The highest BCUT2D eigenvalue weighted by molar-refractivity contribution is 5.47. The van der Waals surface area contributed by atoms with Crippen molar-refractivity contribution in [2.75, 3.05) is 24.5 Å². The minimum atomic E-state index is 0.536. The third kappa shape index (κ3) is 2.76. The molecule has 3 aromatic rings. The standard InChI is InChI=1S/C17H22N8/c1-2-13(3-1)17-22-21-15-4-5-16(23-25(15)17)24-9-12(10-24)6-18-7-14-8-19-11-20-14/h4-5,8,11-13,18H,1-3,6-7,9-10H2,(H,19,20). The number of nitrogens with zero attached hydrogens (tertiary/aromatic N) is 6. The smallest absolute Gasteiger partial charge is 0.178 e. The predicted molar refractivity (Wildman–Crippen MR) is 93.4 cm³/mol. The second-order valence-electron chi connectivity index (χ2n) is 7.13. The molecule has 0 unspecified atom stereocenters. The van der Waals surface area contributed by atoms with Crippen molar-refractivity contribution in [2.45, 2.75) is 31.7 Å². The third-order valence-electron chi connectivity index (χ3n) is 5.33. The summed E-state index contributed by atoms with van der Waals surface area (Å²) in [6, 6.07) is 4.09. The Labute approximate surface area is 145 Å². The maximum Gasteiger partial charge on any atom is 0.178 e. The van der Waals surface area contributed by atoms with E-state index in [0.717, 1.165) is 49.2 Å². The van der Waals surface area contributed by atoms with E-state index < -0.39 is 0 Å². The first-order valence-corrected chi connectivity index (χ1v) is 9.02. The van der Waals surface area contributed by atoms with Crippen LogP contribution in [-0.4, -0.2) is 49.4 Å². The van der Waals surface area contributed by atoms with E-state index in [0.29, 0.717) is 11.8 Å². The van der Waals surface area contributed by atoms with Crippen LogP contribution >= 0.6 is 0 Å². The molecule has 0 radical (unpaired) electrons. The fraction of sp³-hybridized carbons (Fsp3) is 0.529. The van der Waals surface area contributed by atoms with Gasteiger partial charge < -0.3 is 15.2 Å². The van der Waals surface area contributed by atoms with E-state index in [2.05, 4.69) is 36.4 Å². The molecule has 8 heteroatoms. The summed E-state index contributed by atoms with van der Waals surface area (Å²) in [5, 5.41) is 16.9. The molecule has 8 nitrogen and oxygen atoms in total. The molecule has 1 aliphatic carbocycles. The number of H-pyrrole nitrogens is 1. The van der Waals surface area contributed by atoms with Gasteiger partial charge in [-0.25, -0.2) is 4.98 Å². The van der Waals surface area contributed by atoms with Crippen LogP contribution in [0.2, 0.25) is 0 Å². The van der Waals surface area contributed by atoms with Gasteiger partial charge in [-0.3, -0.25) is 0 Å². The van der Waals surface area contributed by atoms with Crippen LogP contribution in [-0.2, 0) is 6.54 Å². The molecule has 130 valence electrons. The zero-order valence-electron chi connectivity index (χ0n) is 14.1. The highest BCUT2D eigenvalue weighted by Crippen LogP contribution is 2.35. The molecule has 2 N–H and O–H groups in total. The molecule has 2 aliphatic rings. The minimum absolute atomic E-state index is 0.536. The van der Waals surface area contributed by atoms with Crippen molar-refractivity contribution in [3.05, 3.63) is 36.2 Å². The van der Waals surface area contributed by atoms with E-state index in [1.807, 2.05) is 16.8 Å². The zero-order valence-corrected chi connectivity index (χ0v) is 14.1. The first kappa shape index (κ1) is 14.8. The summed E-state index contributed by atoms with van der Waals surface area (Å²) in [6.07, 6.45) is 7.28. The summed E-state index contributed by atoms with van der Waals surface area (Å²) >= 11 is 0. The number of aromatic nitrogens is 6. The van der Waals surface area contributed by atoms with Crippen LogP contribution in [0.4, 0.5) is 5.82 Å². The van der Waals surface area contributed by atoms with Crippen LogP contribution in [0.15, 0.2) is 24.7 Å². The molecule has 1 saturated carbocycles. The Morgan fingerprint density at radius 2 is 2.12 bits per heavy atom. The molecule has 0 amide bonds. The fourth-order valence-electron chi connectivity index (χ4n) is 3.56. The van der Waals surface area contributed by atoms with Gasteiger partial charge >= 0.3 is 0 Å². The number of hydrogen-bond donors (Lipinski definition) is 2. The minimum Gasteiger partial charge on any atom is -0.354 e. The highest BCUT2D eigenvalue weighted by atomic mass is 15.4.